The van der Waals surface area contributed by atoms with Gasteiger partial charge in [0, 0.05) is 31.9 Å². The molecule has 1 fully saturated rings. The number of methoxy groups -OCH3 is 2. The average Bonchev–Trinajstić information content (AvgIpc) is 2.77. The van der Waals surface area contributed by atoms with Crippen LogP contribution in [0.1, 0.15) is 10.4 Å². The Morgan fingerprint density at radius 1 is 1.00 bits per heavy atom. The van der Waals surface area contributed by atoms with Crippen LogP contribution in [0.25, 0.3) is 0 Å². The summed E-state index contributed by atoms with van der Waals surface area (Å²) in [5.41, 5.74) is 1.32. The molecule has 29 heavy (non-hydrogen) atoms. The molecule has 0 unspecified atom stereocenters. The summed E-state index contributed by atoms with van der Waals surface area (Å²) >= 11 is 6.11. The highest BCUT2D eigenvalue weighted by molar-refractivity contribution is 6.32. The molecule has 0 N–H and O–H groups in total. The third-order valence-electron chi connectivity index (χ3n) is 4.75. The Labute approximate surface area is 174 Å². The van der Waals surface area contributed by atoms with Gasteiger partial charge < -0.3 is 24.0 Å². The largest absolute Gasteiger partial charge is 0.493 e. The topological polar surface area (TPSA) is 68.3 Å². The number of rotatable bonds is 6. The SMILES string of the molecule is COc1cc(C(=O)OCC(=O)N2CCN(c3ccccc3)CC2)cc(Cl)c1OC. The number of hydrogen-bond donors (Lipinski definition) is 0. The van der Waals surface area contributed by atoms with Crippen molar-refractivity contribution in [2.24, 2.45) is 0 Å². The smallest absolute Gasteiger partial charge is 0.338 e. The normalized spacial score (nSPS) is 13.8. The minimum atomic E-state index is -0.649. The summed E-state index contributed by atoms with van der Waals surface area (Å²) in [5.74, 6) is -0.227. The van der Waals surface area contributed by atoms with Crippen LogP contribution >= 0.6 is 11.6 Å². The first-order valence-electron chi connectivity index (χ1n) is 9.20. The first-order valence-corrected chi connectivity index (χ1v) is 9.57. The van der Waals surface area contributed by atoms with E-state index in [1.54, 1.807) is 4.90 Å². The van der Waals surface area contributed by atoms with Crippen LogP contribution in [-0.2, 0) is 9.53 Å². The van der Waals surface area contributed by atoms with Crippen molar-refractivity contribution >= 4 is 29.2 Å². The van der Waals surface area contributed by atoms with Crippen LogP contribution in [0.15, 0.2) is 42.5 Å². The van der Waals surface area contributed by atoms with Crippen molar-refractivity contribution in [1.29, 1.82) is 0 Å². The van der Waals surface area contributed by atoms with Gasteiger partial charge in [0.2, 0.25) is 0 Å². The van der Waals surface area contributed by atoms with E-state index >= 15 is 0 Å². The fourth-order valence-corrected chi connectivity index (χ4v) is 3.48. The predicted molar refractivity (Wildman–Crippen MR) is 110 cm³/mol. The van der Waals surface area contributed by atoms with E-state index in [0.717, 1.165) is 18.8 Å². The van der Waals surface area contributed by atoms with Crippen LogP contribution < -0.4 is 14.4 Å². The number of para-hydroxylation sites is 1. The van der Waals surface area contributed by atoms with Crippen LogP contribution in [0, 0.1) is 0 Å². The number of hydrogen-bond acceptors (Lipinski definition) is 6. The summed E-state index contributed by atoms with van der Waals surface area (Å²) in [7, 11) is 2.90. The Hall–Kier alpha value is -2.93. The van der Waals surface area contributed by atoms with E-state index in [1.807, 2.05) is 30.3 Å². The molecule has 0 bridgehead atoms. The van der Waals surface area contributed by atoms with E-state index in [4.69, 9.17) is 25.8 Å². The van der Waals surface area contributed by atoms with E-state index in [1.165, 1.54) is 26.4 Å². The first kappa shape index (κ1) is 20.8. The summed E-state index contributed by atoms with van der Waals surface area (Å²) in [5, 5.41) is 0.224. The molecule has 3 rings (SSSR count). The number of ether oxygens (including phenoxy) is 3. The molecule has 1 aliphatic heterocycles. The van der Waals surface area contributed by atoms with Gasteiger partial charge in [-0.2, -0.15) is 0 Å². The monoisotopic (exact) mass is 418 g/mol. The Bertz CT molecular complexity index is 867. The third kappa shape index (κ3) is 4.92. The lowest BCUT2D eigenvalue weighted by atomic mass is 10.2. The molecule has 0 spiro atoms. The molecule has 1 heterocycles. The summed E-state index contributed by atoms with van der Waals surface area (Å²) in [6.07, 6.45) is 0. The maximum absolute atomic E-state index is 12.4. The molecule has 1 saturated heterocycles. The van der Waals surface area contributed by atoms with Gasteiger partial charge in [0.15, 0.2) is 18.1 Å². The van der Waals surface area contributed by atoms with Crippen molar-refractivity contribution in [3.05, 3.63) is 53.1 Å². The zero-order valence-electron chi connectivity index (χ0n) is 16.4. The number of carbonyl (C=O) groups is 2. The van der Waals surface area contributed by atoms with Gasteiger partial charge in [0.05, 0.1) is 24.8 Å². The lowest BCUT2D eigenvalue weighted by Gasteiger charge is -2.36. The summed E-state index contributed by atoms with van der Waals surface area (Å²) in [6.45, 7) is 2.29. The second-order valence-electron chi connectivity index (χ2n) is 6.47. The highest BCUT2D eigenvalue weighted by Crippen LogP contribution is 2.36. The first-order chi connectivity index (χ1) is 14.0. The van der Waals surface area contributed by atoms with Crippen molar-refractivity contribution in [2.75, 3.05) is 51.9 Å². The molecule has 0 aliphatic carbocycles. The average molecular weight is 419 g/mol. The number of nitrogens with zero attached hydrogens (tertiary/aromatic N) is 2. The number of amides is 1. The zero-order valence-corrected chi connectivity index (χ0v) is 17.1. The Morgan fingerprint density at radius 3 is 2.31 bits per heavy atom. The standard InChI is InChI=1S/C21H23ClN2O5/c1-27-18-13-15(12-17(22)20(18)28-2)21(26)29-14-19(25)24-10-8-23(9-11-24)16-6-4-3-5-7-16/h3-7,12-13H,8-11,14H2,1-2H3. The van der Waals surface area contributed by atoms with Crippen molar-refractivity contribution < 1.29 is 23.8 Å². The van der Waals surface area contributed by atoms with Gasteiger partial charge in [0.25, 0.3) is 5.91 Å². The molecule has 0 saturated carbocycles. The van der Waals surface area contributed by atoms with Crippen molar-refractivity contribution in [3.63, 3.8) is 0 Å². The molecule has 0 radical (unpaired) electrons. The molecule has 0 aromatic heterocycles. The Morgan fingerprint density at radius 2 is 1.69 bits per heavy atom. The molecular formula is C21H23ClN2O5. The van der Waals surface area contributed by atoms with Crippen LogP contribution in [0.2, 0.25) is 5.02 Å². The lowest BCUT2D eigenvalue weighted by molar-refractivity contribution is -0.134. The van der Waals surface area contributed by atoms with Gasteiger partial charge in [-0.3, -0.25) is 4.79 Å². The number of anilines is 1. The number of piperazine rings is 1. The van der Waals surface area contributed by atoms with Crippen LogP contribution in [-0.4, -0.2) is 63.8 Å². The molecule has 8 heteroatoms. The Kier molecular flexibility index (Phi) is 6.82. The molecule has 154 valence electrons. The van der Waals surface area contributed by atoms with E-state index < -0.39 is 5.97 Å². The maximum atomic E-state index is 12.4. The molecule has 0 atom stereocenters. The summed E-state index contributed by atoms with van der Waals surface area (Å²) in [4.78, 5) is 28.7. The quantitative estimate of drug-likeness (QED) is 0.672. The number of esters is 1. The molecule has 1 aliphatic rings. The third-order valence-corrected chi connectivity index (χ3v) is 5.03. The van der Waals surface area contributed by atoms with Gasteiger partial charge in [-0.15, -0.1) is 0 Å². The van der Waals surface area contributed by atoms with Gasteiger partial charge in [0.1, 0.15) is 0 Å². The zero-order chi connectivity index (χ0) is 20.8. The van der Waals surface area contributed by atoms with Crippen molar-refractivity contribution in [1.82, 2.24) is 4.90 Å². The molecule has 1 amide bonds. The fraction of sp³-hybridized carbons (Fsp3) is 0.333. The Balaban J connectivity index is 1.53. The fourth-order valence-electron chi connectivity index (χ4n) is 3.19. The molecule has 7 nitrogen and oxygen atoms in total. The number of carbonyl (C=O) groups excluding carboxylic acids is 2. The van der Waals surface area contributed by atoms with Crippen molar-refractivity contribution in [3.8, 4) is 11.5 Å². The molecule has 2 aromatic rings. The van der Waals surface area contributed by atoms with E-state index in [0.29, 0.717) is 24.6 Å². The number of halogens is 1. The number of benzene rings is 2. The second kappa shape index (κ2) is 9.52. The van der Waals surface area contributed by atoms with Crippen LogP contribution in [0.5, 0.6) is 11.5 Å². The summed E-state index contributed by atoms with van der Waals surface area (Å²) in [6, 6.07) is 13.0. The van der Waals surface area contributed by atoms with E-state index in [-0.39, 0.29) is 23.1 Å². The van der Waals surface area contributed by atoms with E-state index in [9.17, 15) is 9.59 Å². The minimum absolute atomic E-state index is 0.189. The van der Waals surface area contributed by atoms with E-state index in [2.05, 4.69) is 4.90 Å². The summed E-state index contributed by atoms with van der Waals surface area (Å²) < 4.78 is 15.5. The highest BCUT2D eigenvalue weighted by Gasteiger charge is 2.23. The highest BCUT2D eigenvalue weighted by atomic mass is 35.5. The van der Waals surface area contributed by atoms with Gasteiger partial charge in [-0.25, -0.2) is 4.79 Å². The maximum Gasteiger partial charge on any atom is 0.338 e. The van der Waals surface area contributed by atoms with Crippen LogP contribution in [0.3, 0.4) is 0 Å². The van der Waals surface area contributed by atoms with Crippen LogP contribution in [0.4, 0.5) is 5.69 Å². The molecular weight excluding hydrogens is 396 g/mol. The van der Waals surface area contributed by atoms with Gasteiger partial charge in [-0.05, 0) is 24.3 Å². The lowest BCUT2D eigenvalue weighted by Crippen LogP contribution is -2.49. The van der Waals surface area contributed by atoms with Gasteiger partial charge >= 0.3 is 5.97 Å². The van der Waals surface area contributed by atoms with Gasteiger partial charge in [-0.1, -0.05) is 29.8 Å². The molecule has 2 aromatic carbocycles. The predicted octanol–water partition coefficient (Wildman–Crippen LogP) is 2.86. The van der Waals surface area contributed by atoms with Crippen molar-refractivity contribution in [2.45, 2.75) is 0 Å². The minimum Gasteiger partial charge on any atom is -0.493 e. The second-order valence-corrected chi connectivity index (χ2v) is 6.88.